The largest absolute Gasteiger partial charge is 0.462 e. The van der Waals surface area contributed by atoms with E-state index in [9.17, 15) is 14.4 Å². The molecule has 0 aliphatic heterocycles. The van der Waals surface area contributed by atoms with Gasteiger partial charge in [-0.2, -0.15) is 0 Å². The molecule has 0 saturated heterocycles. The van der Waals surface area contributed by atoms with Crippen LogP contribution in [0.25, 0.3) is 0 Å². The summed E-state index contributed by atoms with van der Waals surface area (Å²) in [5, 5.41) is 0. The summed E-state index contributed by atoms with van der Waals surface area (Å²) in [4.78, 5) is 38.0. The van der Waals surface area contributed by atoms with Crippen LogP contribution < -0.4 is 0 Å². The summed E-state index contributed by atoms with van der Waals surface area (Å²) in [6.07, 6.45) is 95.6. The van der Waals surface area contributed by atoms with Crippen LogP contribution in [-0.2, 0) is 28.6 Å². The van der Waals surface area contributed by atoms with Gasteiger partial charge in [0.25, 0.3) is 0 Å². The molecule has 81 heavy (non-hydrogen) atoms. The van der Waals surface area contributed by atoms with E-state index in [4.69, 9.17) is 14.2 Å². The third kappa shape index (κ3) is 66.5. The molecule has 0 aliphatic carbocycles. The predicted molar refractivity (Wildman–Crippen MR) is 353 cm³/mol. The van der Waals surface area contributed by atoms with Crippen molar-refractivity contribution >= 4 is 17.9 Å². The first-order valence-corrected chi connectivity index (χ1v) is 34.0. The van der Waals surface area contributed by atoms with Crippen molar-refractivity contribution in [2.75, 3.05) is 13.2 Å². The maximum absolute atomic E-state index is 12.9. The number of carbonyl (C=O) groups excluding carboxylic acids is 3. The molecule has 0 amide bonds. The lowest BCUT2D eigenvalue weighted by atomic mass is 10.0. The lowest BCUT2D eigenvalue weighted by Gasteiger charge is -2.18. The van der Waals surface area contributed by atoms with Crippen LogP contribution >= 0.6 is 0 Å². The fraction of sp³-hybridized carbons (Fsp3) is 0.693. The summed E-state index contributed by atoms with van der Waals surface area (Å²) in [6, 6.07) is 0. The zero-order valence-electron chi connectivity index (χ0n) is 53.0. The summed E-state index contributed by atoms with van der Waals surface area (Å²) in [5.41, 5.74) is 0. The van der Waals surface area contributed by atoms with Gasteiger partial charge in [-0.15, -0.1) is 0 Å². The first-order chi connectivity index (χ1) is 40.0. The van der Waals surface area contributed by atoms with Crippen LogP contribution in [0.2, 0.25) is 0 Å². The van der Waals surface area contributed by atoms with E-state index in [0.717, 1.165) is 128 Å². The van der Waals surface area contributed by atoms with Crippen molar-refractivity contribution < 1.29 is 28.6 Å². The lowest BCUT2D eigenvalue weighted by molar-refractivity contribution is -0.167. The molecule has 0 heterocycles. The highest BCUT2D eigenvalue weighted by Gasteiger charge is 2.19. The highest BCUT2D eigenvalue weighted by Crippen LogP contribution is 2.17. The van der Waals surface area contributed by atoms with Crippen LogP contribution in [0.15, 0.2) is 122 Å². The second-order valence-electron chi connectivity index (χ2n) is 22.3. The fourth-order valence-electron chi connectivity index (χ4n) is 9.44. The molecule has 6 nitrogen and oxygen atoms in total. The summed E-state index contributed by atoms with van der Waals surface area (Å²) in [5.74, 6) is -0.887. The van der Waals surface area contributed by atoms with Gasteiger partial charge in [-0.25, -0.2) is 0 Å². The number of allylic oxidation sites excluding steroid dienone is 20. The van der Waals surface area contributed by atoms with Crippen molar-refractivity contribution in [1.82, 2.24) is 0 Å². The highest BCUT2D eigenvalue weighted by molar-refractivity contribution is 5.71. The third-order valence-electron chi connectivity index (χ3n) is 14.5. The highest BCUT2D eigenvalue weighted by atomic mass is 16.6. The van der Waals surface area contributed by atoms with Crippen LogP contribution in [0.3, 0.4) is 0 Å². The van der Waals surface area contributed by atoms with Gasteiger partial charge in [-0.05, 0) is 109 Å². The Hall–Kier alpha value is -4.19. The van der Waals surface area contributed by atoms with E-state index < -0.39 is 6.10 Å². The van der Waals surface area contributed by atoms with Gasteiger partial charge in [0, 0.05) is 19.3 Å². The van der Waals surface area contributed by atoms with Crippen molar-refractivity contribution in [3.8, 4) is 0 Å². The molecule has 1 unspecified atom stereocenters. The number of rotatable bonds is 61. The maximum atomic E-state index is 12.9. The quantitative estimate of drug-likeness (QED) is 0.0261. The molecule has 0 radical (unpaired) electrons. The Balaban J connectivity index is 4.01. The second kappa shape index (κ2) is 68.3. The van der Waals surface area contributed by atoms with Gasteiger partial charge in [-0.1, -0.05) is 309 Å². The van der Waals surface area contributed by atoms with Crippen molar-refractivity contribution in [3.05, 3.63) is 122 Å². The molecule has 0 rings (SSSR count). The van der Waals surface area contributed by atoms with Crippen LogP contribution in [0.1, 0.15) is 316 Å². The minimum atomic E-state index is -0.778. The Morgan fingerprint density at radius 1 is 0.259 bits per heavy atom. The Bertz CT molecular complexity index is 1670. The van der Waals surface area contributed by atoms with Crippen LogP contribution in [-0.4, -0.2) is 37.2 Å². The van der Waals surface area contributed by atoms with Crippen LogP contribution in [0, 0.1) is 0 Å². The van der Waals surface area contributed by atoms with E-state index in [2.05, 4.69) is 142 Å². The third-order valence-corrected chi connectivity index (χ3v) is 14.5. The lowest BCUT2D eigenvalue weighted by Crippen LogP contribution is -2.30. The van der Waals surface area contributed by atoms with E-state index in [1.807, 2.05) is 0 Å². The van der Waals surface area contributed by atoms with Gasteiger partial charge in [-0.3, -0.25) is 14.4 Å². The van der Waals surface area contributed by atoms with Crippen LogP contribution in [0.5, 0.6) is 0 Å². The van der Waals surface area contributed by atoms with Crippen LogP contribution in [0.4, 0.5) is 0 Å². The monoisotopic (exact) mass is 1120 g/mol. The molecule has 0 saturated carbocycles. The van der Waals surface area contributed by atoms with Crippen molar-refractivity contribution in [2.45, 2.75) is 322 Å². The molecule has 1 atom stereocenters. The van der Waals surface area contributed by atoms with Gasteiger partial charge >= 0.3 is 17.9 Å². The normalized spacial score (nSPS) is 12.9. The maximum Gasteiger partial charge on any atom is 0.306 e. The Morgan fingerprint density at radius 2 is 0.481 bits per heavy atom. The molecule has 0 aromatic heterocycles. The Kier molecular flexibility index (Phi) is 64.8. The van der Waals surface area contributed by atoms with Crippen molar-refractivity contribution in [1.29, 1.82) is 0 Å². The van der Waals surface area contributed by atoms with Gasteiger partial charge in [0.05, 0.1) is 0 Å². The first-order valence-electron chi connectivity index (χ1n) is 34.0. The molecule has 0 aromatic carbocycles. The van der Waals surface area contributed by atoms with Gasteiger partial charge < -0.3 is 14.2 Å². The van der Waals surface area contributed by atoms with E-state index >= 15 is 0 Å². The molecule has 0 bridgehead atoms. The minimum Gasteiger partial charge on any atom is -0.462 e. The van der Waals surface area contributed by atoms with E-state index in [1.165, 1.54) is 148 Å². The van der Waals surface area contributed by atoms with Crippen molar-refractivity contribution in [3.63, 3.8) is 0 Å². The summed E-state index contributed by atoms with van der Waals surface area (Å²) >= 11 is 0. The molecule has 0 aromatic rings. The average Bonchev–Trinajstić information content (AvgIpc) is 3.47. The Labute approximate surface area is 501 Å². The van der Waals surface area contributed by atoms with Gasteiger partial charge in [0.15, 0.2) is 6.10 Å². The van der Waals surface area contributed by atoms with E-state index in [-0.39, 0.29) is 31.1 Å². The number of carbonyl (C=O) groups is 3. The molecular weight excluding hydrogens is 997 g/mol. The van der Waals surface area contributed by atoms with Crippen molar-refractivity contribution in [2.24, 2.45) is 0 Å². The zero-order valence-corrected chi connectivity index (χ0v) is 53.0. The summed E-state index contributed by atoms with van der Waals surface area (Å²) in [7, 11) is 0. The molecular formula is C75H126O6. The van der Waals surface area contributed by atoms with Gasteiger partial charge in [0.2, 0.25) is 0 Å². The zero-order chi connectivity index (χ0) is 58.5. The minimum absolute atomic E-state index is 0.0783. The number of hydrogen-bond donors (Lipinski definition) is 0. The fourth-order valence-corrected chi connectivity index (χ4v) is 9.44. The average molecular weight is 1120 g/mol. The number of unbranched alkanes of at least 4 members (excludes halogenated alkanes) is 30. The Morgan fingerprint density at radius 3 is 0.753 bits per heavy atom. The number of ether oxygens (including phenoxy) is 3. The molecule has 462 valence electrons. The number of hydrogen-bond acceptors (Lipinski definition) is 6. The number of esters is 3. The molecule has 0 fully saturated rings. The molecule has 6 heteroatoms. The van der Waals surface area contributed by atoms with Gasteiger partial charge in [0.1, 0.15) is 13.2 Å². The smallest absolute Gasteiger partial charge is 0.306 e. The molecule has 0 N–H and O–H groups in total. The first kappa shape index (κ1) is 76.8. The standard InChI is InChI=1S/C75H126O6/c1-4-7-10-13-15-17-19-21-23-25-27-29-31-33-35-36-37-38-40-41-43-45-47-49-51-53-55-57-59-62-65-68-74(77)80-71-72(70-79-73(76)67-64-61-12-9-6-3)81-75(78)69-66-63-60-58-56-54-52-50-48-46-44-42-39-34-32-30-28-26-24-22-20-18-16-14-11-8-5-2/h7-8,10-11,15-18,21-24,27-30,33-35,39,72H,4-6,9,12-14,19-20,25-26,31-32,36-38,40-71H2,1-3H3/b10-7-,11-8-,17-15-,18-16-,23-21-,24-22-,29-27-,30-28-,35-33-,39-34-. The SMILES string of the molecule is CC/C=C\C/C=C\C/C=C\C/C=C\C/C=C\CCCCCCCCCCCCCCCCCC(=O)OCC(COC(=O)CCCCCCC)OC(=O)CCCCCCCCCCCCC/C=C\C/C=C\C/C=C\C/C=C\C/C=C\CC. The second-order valence-corrected chi connectivity index (χ2v) is 22.3. The van der Waals surface area contributed by atoms with E-state index in [1.54, 1.807) is 0 Å². The predicted octanol–water partition coefficient (Wildman–Crippen LogP) is 23.6. The molecule has 0 spiro atoms. The molecule has 0 aliphatic rings. The topological polar surface area (TPSA) is 78.9 Å². The summed E-state index contributed by atoms with van der Waals surface area (Å²) in [6.45, 7) is 6.35. The van der Waals surface area contributed by atoms with E-state index in [0.29, 0.717) is 19.3 Å². The summed E-state index contributed by atoms with van der Waals surface area (Å²) < 4.78 is 16.8.